The minimum absolute atomic E-state index is 0.311. The molecule has 0 aromatic heterocycles. The lowest BCUT2D eigenvalue weighted by atomic mass is 10.2. The first kappa shape index (κ1) is 9.76. The van der Waals surface area contributed by atoms with Crippen molar-refractivity contribution in [2.45, 2.75) is 0 Å². The van der Waals surface area contributed by atoms with Crippen molar-refractivity contribution in [3.8, 4) is 17.6 Å². The first-order valence-electron chi connectivity index (χ1n) is 3.76. The summed E-state index contributed by atoms with van der Waals surface area (Å²) < 4.78 is 5.00. The lowest BCUT2D eigenvalue weighted by molar-refractivity contribution is 0.415. The number of nitrogen functional groups attached to an aromatic ring is 1. The number of hydrogen-bond donors (Lipinski definition) is 1. The molecule has 0 amide bonds. The molecule has 0 fully saturated rings. The van der Waals surface area contributed by atoms with Gasteiger partial charge in [-0.05, 0) is 12.1 Å². The first-order chi connectivity index (χ1) is 6.27. The fourth-order valence-corrected chi connectivity index (χ4v) is 0.977. The summed E-state index contributed by atoms with van der Waals surface area (Å²) in [7, 11) is 1.60. The number of ether oxygens (including phenoxy) is 1. The highest BCUT2D eigenvalue weighted by atomic mass is 35.5. The van der Waals surface area contributed by atoms with Crippen molar-refractivity contribution in [3.63, 3.8) is 0 Å². The Morgan fingerprint density at radius 1 is 1.54 bits per heavy atom. The molecule has 0 radical (unpaired) electrons. The van der Waals surface area contributed by atoms with E-state index >= 15 is 0 Å². The van der Waals surface area contributed by atoms with Gasteiger partial charge in [-0.15, -0.1) is 11.6 Å². The maximum absolute atomic E-state index is 5.71. The predicted molar refractivity (Wildman–Crippen MR) is 55.0 cm³/mol. The van der Waals surface area contributed by atoms with Crippen molar-refractivity contribution in [2.75, 3.05) is 18.7 Å². The lowest BCUT2D eigenvalue weighted by Crippen LogP contribution is -1.91. The summed E-state index contributed by atoms with van der Waals surface area (Å²) in [5, 5.41) is 0. The van der Waals surface area contributed by atoms with Crippen LogP contribution in [0.5, 0.6) is 5.75 Å². The Morgan fingerprint density at radius 2 is 2.31 bits per heavy atom. The summed E-state index contributed by atoms with van der Waals surface area (Å²) in [6, 6.07) is 5.36. The van der Waals surface area contributed by atoms with Crippen LogP contribution in [0.25, 0.3) is 0 Å². The van der Waals surface area contributed by atoms with Crippen LogP contribution in [0.2, 0.25) is 0 Å². The van der Waals surface area contributed by atoms with E-state index in [1.54, 1.807) is 13.2 Å². The normalized spacial score (nSPS) is 8.77. The third-order valence-corrected chi connectivity index (χ3v) is 1.68. The van der Waals surface area contributed by atoms with E-state index in [4.69, 9.17) is 22.1 Å². The molecule has 0 aliphatic carbocycles. The summed E-state index contributed by atoms with van der Waals surface area (Å²) in [6.45, 7) is 0. The molecule has 2 nitrogen and oxygen atoms in total. The van der Waals surface area contributed by atoms with Crippen LogP contribution in [-0.4, -0.2) is 13.0 Å². The number of methoxy groups -OCH3 is 1. The van der Waals surface area contributed by atoms with Gasteiger partial charge in [0, 0.05) is 11.6 Å². The Morgan fingerprint density at radius 3 is 2.85 bits per heavy atom. The maximum atomic E-state index is 5.71. The fourth-order valence-electron chi connectivity index (χ4n) is 0.910. The molecule has 0 bridgehead atoms. The van der Waals surface area contributed by atoms with Crippen LogP contribution in [0.4, 0.5) is 5.69 Å². The molecule has 2 N–H and O–H groups in total. The molecule has 0 atom stereocenters. The van der Waals surface area contributed by atoms with Gasteiger partial charge in [0.25, 0.3) is 0 Å². The maximum Gasteiger partial charge on any atom is 0.121 e. The zero-order valence-corrected chi connectivity index (χ0v) is 8.06. The van der Waals surface area contributed by atoms with E-state index in [0.29, 0.717) is 11.6 Å². The lowest BCUT2D eigenvalue weighted by Gasteiger charge is -2.02. The standard InChI is InChI=1S/C10H10ClNO/c1-13-9-5-4-8(3-2-6-11)10(12)7-9/h4-5,7H,6,12H2,1H3. The molecule has 1 aromatic carbocycles. The van der Waals surface area contributed by atoms with Crippen molar-refractivity contribution in [1.29, 1.82) is 0 Å². The van der Waals surface area contributed by atoms with Crippen LogP contribution < -0.4 is 10.5 Å². The van der Waals surface area contributed by atoms with E-state index in [-0.39, 0.29) is 0 Å². The molecule has 0 saturated carbocycles. The molecule has 0 unspecified atom stereocenters. The molecular formula is C10H10ClNO. The minimum atomic E-state index is 0.311. The van der Waals surface area contributed by atoms with Gasteiger partial charge in [0.05, 0.1) is 18.7 Å². The summed E-state index contributed by atoms with van der Waals surface area (Å²) in [4.78, 5) is 0. The summed E-state index contributed by atoms with van der Waals surface area (Å²) in [5.41, 5.74) is 7.10. The van der Waals surface area contributed by atoms with Gasteiger partial charge in [-0.1, -0.05) is 11.8 Å². The number of alkyl halides is 1. The topological polar surface area (TPSA) is 35.2 Å². The monoisotopic (exact) mass is 195 g/mol. The average Bonchev–Trinajstić information content (AvgIpc) is 2.16. The van der Waals surface area contributed by atoms with E-state index in [2.05, 4.69) is 11.8 Å². The number of anilines is 1. The van der Waals surface area contributed by atoms with Gasteiger partial charge < -0.3 is 10.5 Å². The number of halogens is 1. The largest absolute Gasteiger partial charge is 0.497 e. The minimum Gasteiger partial charge on any atom is -0.497 e. The van der Waals surface area contributed by atoms with Gasteiger partial charge in [0.15, 0.2) is 0 Å². The molecule has 1 rings (SSSR count). The Balaban J connectivity index is 2.98. The SMILES string of the molecule is COc1ccc(C#CCCl)c(N)c1. The van der Waals surface area contributed by atoms with Gasteiger partial charge in [-0.3, -0.25) is 0 Å². The van der Waals surface area contributed by atoms with E-state index < -0.39 is 0 Å². The number of rotatable bonds is 1. The molecule has 3 heteroatoms. The van der Waals surface area contributed by atoms with Crippen LogP contribution >= 0.6 is 11.6 Å². The zero-order chi connectivity index (χ0) is 9.68. The third kappa shape index (κ3) is 2.57. The number of benzene rings is 1. The van der Waals surface area contributed by atoms with E-state index in [1.165, 1.54) is 0 Å². The van der Waals surface area contributed by atoms with Gasteiger partial charge in [0.1, 0.15) is 5.75 Å². The smallest absolute Gasteiger partial charge is 0.121 e. The van der Waals surface area contributed by atoms with Gasteiger partial charge in [-0.2, -0.15) is 0 Å². The Hall–Kier alpha value is -1.33. The van der Waals surface area contributed by atoms with E-state index in [1.807, 2.05) is 12.1 Å². The molecule has 0 aliphatic rings. The molecule has 0 saturated heterocycles. The second-order valence-electron chi connectivity index (χ2n) is 2.39. The number of hydrogen-bond acceptors (Lipinski definition) is 2. The van der Waals surface area contributed by atoms with Crippen LogP contribution in [0.3, 0.4) is 0 Å². The zero-order valence-electron chi connectivity index (χ0n) is 7.30. The Kier molecular flexibility index (Phi) is 3.48. The fraction of sp³-hybridized carbons (Fsp3) is 0.200. The molecule has 0 aliphatic heterocycles. The number of nitrogens with two attached hydrogens (primary N) is 1. The molecule has 1 aromatic rings. The Labute approximate surface area is 82.6 Å². The summed E-state index contributed by atoms with van der Waals surface area (Å²) in [5.74, 6) is 6.63. The van der Waals surface area contributed by atoms with Crippen LogP contribution in [0, 0.1) is 11.8 Å². The van der Waals surface area contributed by atoms with Gasteiger partial charge >= 0.3 is 0 Å². The molecule has 0 heterocycles. The van der Waals surface area contributed by atoms with Gasteiger partial charge in [-0.25, -0.2) is 0 Å². The van der Waals surface area contributed by atoms with Crippen molar-refractivity contribution >= 4 is 17.3 Å². The quantitative estimate of drug-likeness (QED) is 0.422. The molecule has 0 spiro atoms. The van der Waals surface area contributed by atoms with Crippen molar-refractivity contribution in [3.05, 3.63) is 23.8 Å². The van der Waals surface area contributed by atoms with Crippen molar-refractivity contribution in [2.24, 2.45) is 0 Å². The van der Waals surface area contributed by atoms with E-state index in [0.717, 1.165) is 11.3 Å². The third-order valence-electron chi connectivity index (χ3n) is 1.55. The van der Waals surface area contributed by atoms with E-state index in [9.17, 15) is 0 Å². The van der Waals surface area contributed by atoms with Crippen LogP contribution in [0.1, 0.15) is 5.56 Å². The van der Waals surface area contributed by atoms with Crippen molar-refractivity contribution in [1.82, 2.24) is 0 Å². The average molecular weight is 196 g/mol. The summed E-state index contributed by atoms with van der Waals surface area (Å²) in [6.07, 6.45) is 0. The highest BCUT2D eigenvalue weighted by Gasteiger charge is 1.96. The summed E-state index contributed by atoms with van der Waals surface area (Å²) >= 11 is 5.42. The highest BCUT2D eigenvalue weighted by Crippen LogP contribution is 2.18. The van der Waals surface area contributed by atoms with Gasteiger partial charge in [0.2, 0.25) is 0 Å². The van der Waals surface area contributed by atoms with Crippen LogP contribution in [0.15, 0.2) is 18.2 Å². The second kappa shape index (κ2) is 4.64. The molecule has 13 heavy (non-hydrogen) atoms. The first-order valence-corrected chi connectivity index (χ1v) is 4.29. The highest BCUT2D eigenvalue weighted by molar-refractivity contribution is 6.19. The molecular weight excluding hydrogens is 186 g/mol. The van der Waals surface area contributed by atoms with Crippen LogP contribution in [-0.2, 0) is 0 Å². The van der Waals surface area contributed by atoms with Crippen molar-refractivity contribution < 1.29 is 4.74 Å². The second-order valence-corrected chi connectivity index (χ2v) is 2.66. The Bertz CT molecular complexity index is 352. The predicted octanol–water partition coefficient (Wildman–Crippen LogP) is 1.87. The molecule has 68 valence electrons.